The summed E-state index contributed by atoms with van der Waals surface area (Å²) in [6.45, 7) is 1.64. The molecule has 1 aromatic heterocycles. The smallest absolute Gasteiger partial charge is 0.257 e. The highest BCUT2D eigenvalue weighted by Gasteiger charge is 2.24. The Labute approximate surface area is 193 Å². The van der Waals surface area contributed by atoms with Crippen LogP contribution in [0.1, 0.15) is 29.6 Å². The van der Waals surface area contributed by atoms with Crippen LogP contribution in [0.4, 0.5) is 11.4 Å². The van der Waals surface area contributed by atoms with E-state index in [1.165, 1.54) is 20.2 Å². The van der Waals surface area contributed by atoms with Crippen molar-refractivity contribution >= 4 is 49.8 Å². The molecule has 168 valence electrons. The van der Waals surface area contributed by atoms with Crippen LogP contribution in [0, 0.1) is 0 Å². The van der Waals surface area contributed by atoms with Crippen molar-refractivity contribution in [1.82, 2.24) is 9.29 Å². The van der Waals surface area contributed by atoms with Crippen molar-refractivity contribution < 1.29 is 13.2 Å². The predicted octanol–water partition coefficient (Wildman–Crippen LogP) is 4.38. The van der Waals surface area contributed by atoms with Crippen LogP contribution in [0.25, 0.3) is 10.9 Å². The summed E-state index contributed by atoms with van der Waals surface area (Å²) >= 11 is 6.25. The molecule has 32 heavy (non-hydrogen) atoms. The number of halogens is 1. The largest absolute Gasteiger partial charge is 0.371 e. The second-order valence-corrected chi connectivity index (χ2v) is 10.6. The van der Waals surface area contributed by atoms with Crippen LogP contribution in [0.2, 0.25) is 5.02 Å². The first kappa shape index (κ1) is 22.5. The lowest BCUT2D eigenvalue weighted by molar-refractivity contribution is 0.102. The molecule has 4 rings (SSSR count). The molecular formula is C23H25ClN4O3S. The number of rotatable bonds is 5. The minimum atomic E-state index is -3.69. The van der Waals surface area contributed by atoms with Gasteiger partial charge >= 0.3 is 0 Å². The van der Waals surface area contributed by atoms with Crippen LogP contribution in [0.15, 0.2) is 53.6 Å². The third-order valence-corrected chi connectivity index (χ3v) is 7.64. The van der Waals surface area contributed by atoms with E-state index in [1.54, 1.807) is 36.5 Å². The van der Waals surface area contributed by atoms with Crippen molar-refractivity contribution in [2.45, 2.75) is 24.2 Å². The zero-order valence-corrected chi connectivity index (χ0v) is 19.6. The number of sulfonamides is 1. The first-order valence-electron chi connectivity index (χ1n) is 10.4. The van der Waals surface area contributed by atoms with Crippen molar-refractivity contribution in [3.63, 3.8) is 0 Å². The summed E-state index contributed by atoms with van der Waals surface area (Å²) in [5.41, 5.74) is 2.11. The molecule has 2 aromatic carbocycles. The van der Waals surface area contributed by atoms with Crippen molar-refractivity contribution in [1.29, 1.82) is 0 Å². The lowest BCUT2D eigenvalue weighted by atomic mass is 10.1. The van der Waals surface area contributed by atoms with Crippen molar-refractivity contribution in [2.75, 3.05) is 37.4 Å². The number of benzene rings is 2. The van der Waals surface area contributed by atoms with Gasteiger partial charge in [0.25, 0.3) is 5.91 Å². The predicted molar refractivity (Wildman–Crippen MR) is 128 cm³/mol. The normalized spacial score (nSPS) is 14.7. The van der Waals surface area contributed by atoms with Gasteiger partial charge in [-0.3, -0.25) is 9.78 Å². The summed E-state index contributed by atoms with van der Waals surface area (Å²) in [5.74, 6) is -0.407. The van der Waals surface area contributed by atoms with Crippen molar-refractivity contribution in [2.24, 2.45) is 0 Å². The van der Waals surface area contributed by atoms with Gasteiger partial charge in [-0.25, -0.2) is 12.7 Å². The number of pyridine rings is 1. The number of nitrogens with zero attached hydrogens (tertiary/aromatic N) is 3. The number of amides is 1. The molecule has 1 fully saturated rings. The summed E-state index contributed by atoms with van der Waals surface area (Å²) in [5, 5.41) is 4.18. The molecule has 1 aliphatic heterocycles. The third kappa shape index (κ3) is 4.44. The molecule has 0 atom stereocenters. The number of aromatic nitrogens is 1. The first-order valence-corrected chi connectivity index (χ1v) is 12.3. The maximum Gasteiger partial charge on any atom is 0.257 e. The fraction of sp³-hybridized carbons (Fsp3) is 0.304. The molecule has 1 N–H and O–H groups in total. The van der Waals surface area contributed by atoms with Crippen LogP contribution in [-0.2, 0) is 10.0 Å². The quantitative estimate of drug-likeness (QED) is 0.595. The van der Waals surface area contributed by atoms with Crippen molar-refractivity contribution in [3.05, 3.63) is 59.2 Å². The minimum Gasteiger partial charge on any atom is -0.371 e. The van der Waals surface area contributed by atoms with Gasteiger partial charge in [0.05, 0.1) is 21.7 Å². The Hall–Kier alpha value is -2.68. The minimum absolute atomic E-state index is 0.0717. The molecule has 3 aromatic rings. The molecule has 7 nitrogen and oxygen atoms in total. The van der Waals surface area contributed by atoms with Crippen LogP contribution < -0.4 is 10.2 Å². The molecule has 1 saturated heterocycles. The van der Waals surface area contributed by atoms with Crippen molar-refractivity contribution in [3.8, 4) is 0 Å². The Balaban J connectivity index is 1.79. The molecule has 0 saturated carbocycles. The van der Waals surface area contributed by atoms with Gasteiger partial charge in [-0.2, -0.15) is 0 Å². The average Bonchev–Trinajstić information content (AvgIpc) is 2.79. The number of anilines is 2. The van der Waals surface area contributed by atoms with Crippen LogP contribution in [0.5, 0.6) is 0 Å². The van der Waals surface area contributed by atoms with E-state index in [9.17, 15) is 13.2 Å². The van der Waals surface area contributed by atoms with Gasteiger partial charge in [-0.1, -0.05) is 17.7 Å². The van der Waals surface area contributed by atoms with Gasteiger partial charge in [0.1, 0.15) is 0 Å². The number of carbonyl (C=O) groups is 1. The number of piperidine rings is 1. The molecule has 1 aliphatic rings. The molecule has 0 unspecified atom stereocenters. The highest BCUT2D eigenvalue weighted by molar-refractivity contribution is 7.89. The molecule has 2 heterocycles. The van der Waals surface area contributed by atoms with Gasteiger partial charge in [-0.05, 0) is 55.7 Å². The zero-order chi connectivity index (χ0) is 22.9. The van der Waals surface area contributed by atoms with E-state index in [0.717, 1.165) is 47.7 Å². The van der Waals surface area contributed by atoms with E-state index in [1.807, 2.05) is 6.07 Å². The standard InChI is InChI=1S/C23H25ClN4O3S/c1-27(2)32(30,31)18-8-9-21(28-11-4-3-5-12-28)19(15-18)23(29)26-20-14-17(24)13-16-7-6-10-25-22(16)20/h6-10,13-15H,3-5,11-12H2,1-2H3,(H,26,29). The zero-order valence-electron chi connectivity index (χ0n) is 18.0. The van der Waals surface area contributed by atoms with Crippen LogP contribution >= 0.6 is 11.6 Å². The van der Waals surface area contributed by atoms with E-state index >= 15 is 0 Å². The summed E-state index contributed by atoms with van der Waals surface area (Å²) < 4.78 is 26.6. The van der Waals surface area contributed by atoms with E-state index in [2.05, 4.69) is 15.2 Å². The summed E-state index contributed by atoms with van der Waals surface area (Å²) in [6.07, 6.45) is 4.85. The highest BCUT2D eigenvalue weighted by atomic mass is 35.5. The third-order valence-electron chi connectivity index (χ3n) is 5.61. The molecule has 0 bridgehead atoms. The molecule has 0 aliphatic carbocycles. The van der Waals surface area contributed by atoms with Gasteiger partial charge in [0.15, 0.2) is 0 Å². The number of carbonyl (C=O) groups excluding carboxylic acids is 1. The Kier molecular flexibility index (Phi) is 6.37. The molecular weight excluding hydrogens is 448 g/mol. The Morgan fingerprint density at radius 3 is 2.56 bits per heavy atom. The SMILES string of the molecule is CN(C)S(=O)(=O)c1ccc(N2CCCCC2)c(C(=O)Nc2cc(Cl)cc3cccnc23)c1. The molecule has 1 amide bonds. The number of hydrogen-bond acceptors (Lipinski definition) is 5. The molecule has 9 heteroatoms. The Morgan fingerprint density at radius 1 is 1.09 bits per heavy atom. The molecule has 0 spiro atoms. The van der Waals surface area contributed by atoms with E-state index in [-0.39, 0.29) is 4.90 Å². The molecule has 0 radical (unpaired) electrons. The van der Waals surface area contributed by atoms with E-state index in [4.69, 9.17) is 11.6 Å². The topological polar surface area (TPSA) is 82.6 Å². The number of hydrogen-bond donors (Lipinski definition) is 1. The second-order valence-electron chi connectivity index (χ2n) is 8.00. The monoisotopic (exact) mass is 472 g/mol. The summed E-state index contributed by atoms with van der Waals surface area (Å²) in [7, 11) is -0.754. The fourth-order valence-electron chi connectivity index (χ4n) is 3.92. The van der Waals surface area contributed by atoms with Gasteiger partial charge in [-0.15, -0.1) is 0 Å². The average molecular weight is 473 g/mol. The van der Waals surface area contributed by atoms with Crippen LogP contribution in [-0.4, -0.2) is 50.8 Å². The van der Waals surface area contributed by atoms with E-state index in [0.29, 0.717) is 21.8 Å². The van der Waals surface area contributed by atoms with Gasteiger partial charge in [0, 0.05) is 49.5 Å². The van der Waals surface area contributed by atoms with E-state index < -0.39 is 15.9 Å². The highest BCUT2D eigenvalue weighted by Crippen LogP contribution is 2.31. The fourth-order valence-corrected chi connectivity index (χ4v) is 5.07. The maximum absolute atomic E-state index is 13.5. The van der Waals surface area contributed by atoms with Gasteiger partial charge < -0.3 is 10.2 Å². The first-order chi connectivity index (χ1) is 15.3. The summed E-state index contributed by atoms with van der Waals surface area (Å²) in [4.78, 5) is 20.0. The lowest BCUT2D eigenvalue weighted by Gasteiger charge is -2.30. The summed E-state index contributed by atoms with van der Waals surface area (Å²) in [6, 6.07) is 11.8. The Bertz CT molecular complexity index is 1270. The number of nitrogens with one attached hydrogen (secondary N) is 1. The maximum atomic E-state index is 13.5. The Morgan fingerprint density at radius 2 is 1.84 bits per heavy atom. The van der Waals surface area contributed by atoms with Gasteiger partial charge in [0.2, 0.25) is 10.0 Å². The number of fused-ring (bicyclic) bond motifs is 1. The lowest BCUT2D eigenvalue weighted by Crippen LogP contribution is -2.32. The second kappa shape index (κ2) is 9.05. The van der Waals surface area contributed by atoms with Crippen LogP contribution in [0.3, 0.4) is 0 Å².